The van der Waals surface area contributed by atoms with Gasteiger partial charge in [0.05, 0.1) is 12.6 Å². The average molecular weight is 319 g/mol. The number of rotatable bonds is 1. The molecule has 0 saturated carbocycles. The van der Waals surface area contributed by atoms with Crippen LogP contribution in [-0.4, -0.2) is 52.7 Å². The van der Waals surface area contributed by atoms with Gasteiger partial charge >= 0.3 is 6.03 Å². The third-order valence-electron chi connectivity index (χ3n) is 4.41. The molecule has 3 rings (SSSR count). The van der Waals surface area contributed by atoms with Crippen LogP contribution in [0.2, 0.25) is 0 Å². The highest BCUT2D eigenvalue weighted by Gasteiger charge is 2.30. The molecule has 23 heavy (non-hydrogen) atoms. The maximum Gasteiger partial charge on any atom is 0.320 e. The maximum atomic E-state index is 12.7. The van der Waals surface area contributed by atoms with Crippen molar-refractivity contribution in [3.63, 3.8) is 0 Å². The van der Waals surface area contributed by atoms with Crippen LogP contribution in [0.5, 0.6) is 5.75 Å². The van der Waals surface area contributed by atoms with Crippen LogP contribution in [0.4, 0.5) is 4.79 Å². The van der Waals surface area contributed by atoms with E-state index in [2.05, 4.69) is 0 Å². The van der Waals surface area contributed by atoms with Crippen molar-refractivity contribution in [1.29, 1.82) is 0 Å². The number of carbonyl (C=O) groups is 2. The second-order valence-corrected chi connectivity index (χ2v) is 6.03. The van der Waals surface area contributed by atoms with Crippen molar-refractivity contribution in [3.05, 3.63) is 29.3 Å². The van der Waals surface area contributed by atoms with E-state index in [1.165, 1.54) is 0 Å². The Morgan fingerprint density at radius 1 is 1.30 bits per heavy atom. The zero-order valence-electron chi connectivity index (χ0n) is 13.1. The number of hydrogen-bond acceptors (Lipinski definition) is 4. The van der Waals surface area contributed by atoms with Gasteiger partial charge in [-0.1, -0.05) is 6.07 Å². The summed E-state index contributed by atoms with van der Waals surface area (Å²) in [6.45, 7) is 4.40. The van der Waals surface area contributed by atoms with Crippen molar-refractivity contribution in [2.24, 2.45) is 0 Å². The molecule has 3 amide bonds. The molecule has 0 aliphatic carbocycles. The summed E-state index contributed by atoms with van der Waals surface area (Å²) in [7, 11) is 0. The molecule has 1 fully saturated rings. The molecular formula is C16H21N3O4. The number of amides is 3. The molecule has 1 aromatic carbocycles. The second-order valence-electron chi connectivity index (χ2n) is 6.03. The van der Waals surface area contributed by atoms with Crippen LogP contribution in [0.3, 0.4) is 0 Å². The molecule has 0 aromatic heterocycles. The lowest BCUT2D eigenvalue weighted by atomic mass is 10.1. The molecule has 7 nitrogen and oxygen atoms in total. The minimum Gasteiger partial charge on any atom is -0.491 e. The van der Waals surface area contributed by atoms with Crippen LogP contribution in [0.1, 0.15) is 35.7 Å². The van der Waals surface area contributed by atoms with Crippen LogP contribution in [0.15, 0.2) is 18.2 Å². The number of urea groups is 1. The van der Waals surface area contributed by atoms with Crippen molar-refractivity contribution in [1.82, 2.24) is 15.3 Å². The van der Waals surface area contributed by atoms with Crippen LogP contribution in [0, 0.1) is 0 Å². The van der Waals surface area contributed by atoms with Gasteiger partial charge < -0.3 is 14.5 Å². The van der Waals surface area contributed by atoms with Gasteiger partial charge in [0.2, 0.25) is 0 Å². The highest BCUT2D eigenvalue weighted by atomic mass is 16.5. The summed E-state index contributed by atoms with van der Waals surface area (Å²) in [6, 6.07) is 4.97. The van der Waals surface area contributed by atoms with E-state index >= 15 is 0 Å². The number of carbonyl (C=O) groups excluding carboxylic acids is 2. The first-order chi connectivity index (χ1) is 11.1. The number of nitrogens with one attached hydrogen (secondary N) is 1. The number of hydrogen-bond donors (Lipinski definition) is 2. The smallest absolute Gasteiger partial charge is 0.320 e. The van der Waals surface area contributed by atoms with Gasteiger partial charge in [0.25, 0.3) is 5.91 Å². The lowest BCUT2D eigenvalue weighted by Crippen LogP contribution is -2.46. The predicted octanol–water partition coefficient (Wildman–Crippen LogP) is 1.60. The Morgan fingerprint density at radius 2 is 2.04 bits per heavy atom. The van der Waals surface area contributed by atoms with Crippen molar-refractivity contribution in [3.8, 4) is 5.75 Å². The SMILES string of the molecule is CC1COc2cc(C(=O)NO)ccc2CN1C(=O)N1CCCC1. The zero-order chi connectivity index (χ0) is 16.4. The van der Waals surface area contributed by atoms with Gasteiger partial charge in [0.1, 0.15) is 12.4 Å². The molecule has 0 bridgehead atoms. The summed E-state index contributed by atoms with van der Waals surface area (Å²) in [5, 5.41) is 8.73. The summed E-state index contributed by atoms with van der Waals surface area (Å²) in [5.74, 6) is -0.00614. The van der Waals surface area contributed by atoms with Gasteiger partial charge in [0.15, 0.2) is 0 Å². The molecule has 0 radical (unpaired) electrons. The van der Waals surface area contributed by atoms with E-state index < -0.39 is 5.91 Å². The lowest BCUT2D eigenvalue weighted by Gasteiger charge is -2.30. The molecule has 0 spiro atoms. The minimum absolute atomic E-state index is 0.0450. The van der Waals surface area contributed by atoms with E-state index in [-0.39, 0.29) is 12.1 Å². The van der Waals surface area contributed by atoms with Gasteiger partial charge in [-0.25, -0.2) is 10.3 Å². The van der Waals surface area contributed by atoms with E-state index in [0.717, 1.165) is 31.5 Å². The number of ether oxygens (including phenoxy) is 1. The van der Waals surface area contributed by atoms with Crippen LogP contribution in [0.25, 0.3) is 0 Å². The molecule has 2 N–H and O–H groups in total. The fourth-order valence-electron chi connectivity index (χ4n) is 3.01. The molecule has 1 unspecified atom stereocenters. The van der Waals surface area contributed by atoms with E-state index in [1.54, 1.807) is 23.7 Å². The first kappa shape index (κ1) is 15.6. The Morgan fingerprint density at radius 3 is 2.74 bits per heavy atom. The molecular weight excluding hydrogens is 298 g/mol. The topological polar surface area (TPSA) is 82.1 Å². The molecule has 1 saturated heterocycles. The molecule has 2 aliphatic rings. The first-order valence-electron chi connectivity index (χ1n) is 7.86. The molecule has 2 heterocycles. The highest BCUT2D eigenvalue weighted by Crippen LogP contribution is 2.27. The fraction of sp³-hybridized carbons (Fsp3) is 0.500. The van der Waals surface area contributed by atoms with Crippen molar-refractivity contribution >= 4 is 11.9 Å². The Balaban J connectivity index is 1.83. The molecule has 124 valence electrons. The Kier molecular flexibility index (Phi) is 4.38. The van der Waals surface area contributed by atoms with Crippen LogP contribution < -0.4 is 10.2 Å². The summed E-state index contributed by atoms with van der Waals surface area (Å²) in [4.78, 5) is 27.9. The molecule has 1 aromatic rings. The number of fused-ring (bicyclic) bond motifs is 1. The second kappa shape index (κ2) is 6.45. The van der Waals surface area contributed by atoms with Gasteiger partial charge in [-0.15, -0.1) is 0 Å². The summed E-state index contributed by atoms with van der Waals surface area (Å²) in [6.07, 6.45) is 2.11. The van der Waals surface area contributed by atoms with Crippen molar-refractivity contribution in [2.75, 3.05) is 19.7 Å². The Bertz CT molecular complexity index is 613. The Labute approximate surface area is 134 Å². The lowest BCUT2D eigenvalue weighted by molar-refractivity contribution is 0.0706. The fourth-order valence-corrected chi connectivity index (χ4v) is 3.01. The van der Waals surface area contributed by atoms with Gasteiger partial charge in [0, 0.05) is 24.2 Å². The minimum atomic E-state index is -0.585. The standard InChI is InChI=1S/C16H21N3O4/c1-11-10-23-14-8-12(15(20)17-22)4-5-13(14)9-19(11)16(21)18-6-2-3-7-18/h4-5,8,11,22H,2-3,6-7,9-10H2,1H3,(H,17,20). The first-order valence-corrected chi connectivity index (χ1v) is 7.86. The van der Waals surface area contributed by atoms with E-state index in [0.29, 0.717) is 24.5 Å². The normalized spacial score (nSPS) is 20.5. The third kappa shape index (κ3) is 3.10. The number of benzene rings is 1. The quantitative estimate of drug-likeness (QED) is 0.608. The van der Waals surface area contributed by atoms with Gasteiger partial charge in [-0.05, 0) is 31.9 Å². The summed E-state index contributed by atoms with van der Waals surface area (Å²) in [5.41, 5.74) is 2.79. The summed E-state index contributed by atoms with van der Waals surface area (Å²) >= 11 is 0. The summed E-state index contributed by atoms with van der Waals surface area (Å²) < 4.78 is 5.77. The van der Waals surface area contributed by atoms with Crippen LogP contribution in [-0.2, 0) is 6.54 Å². The maximum absolute atomic E-state index is 12.7. The number of likely N-dealkylation sites (tertiary alicyclic amines) is 1. The Hall–Kier alpha value is -2.28. The molecule has 2 aliphatic heterocycles. The number of hydroxylamine groups is 1. The highest BCUT2D eigenvalue weighted by molar-refractivity contribution is 5.93. The van der Waals surface area contributed by atoms with Crippen LogP contribution >= 0.6 is 0 Å². The van der Waals surface area contributed by atoms with Gasteiger partial charge in [-0.2, -0.15) is 0 Å². The monoisotopic (exact) mass is 319 g/mol. The third-order valence-corrected chi connectivity index (χ3v) is 4.41. The zero-order valence-corrected chi connectivity index (χ0v) is 13.1. The van der Waals surface area contributed by atoms with E-state index in [1.807, 2.05) is 16.7 Å². The van der Waals surface area contributed by atoms with E-state index in [9.17, 15) is 9.59 Å². The molecule has 7 heteroatoms. The largest absolute Gasteiger partial charge is 0.491 e. The van der Waals surface area contributed by atoms with Crippen molar-refractivity contribution in [2.45, 2.75) is 32.4 Å². The molecule has 1 atom stereocenters. The average Bonchev–Trinajstić information content (AvgIpc) is 3.05. The van der Waals surface area contributed by atoms with Gasteiger partial charge in [-0.3, -0.25) is 10.0 Å². The van der Waals surface area contributed by atoms with E-state index in [4.69, 9.17) is 9.94 Å². The number of nitrogens with zero attached hydrogens (tertiary/aromatic N) is 2. The predicted molar refractivity (Wildman–Crippen MR) is 82.4 cm³/mol. The van der Waals surface area contributed by atoms with Crippen molar-refractivity contribution < 1.29 is 19.5 Å².